The molecular weight excluding hydrogens is 360 g/mol. The molecule has 0 radical (unpaired) electrons. The normalized spacial score (nSPS) is 25.5. The minimum atomic E-state index is -0.837. The second kappa shape index (κ2) is 14.3. The van der Waals surface area contributed by atoms with Gasteiger partial charge < -0.3 is 25.2 Å². The molecule has 0 bridgehead atoms. The smallest absolute Gasteiger partial charge is 0.303 e. The molecule has 0 saturated carbocycles. The van der Waals surface area contributed by atoms with E-state index in [-0.39, 0.29) is 12.5 Å². The number of hydrogen-bond acceptors (Lipinski definition) is 5. The lowest BCUT2D eigenvalue weighted by Crippen LogP contribution is -2.24. The maximum Gasteiger partial charge on any atom is 0.303 e. The summed E-state index contributed by atoms with van der Waals surface area (Å²) >= 11 is 0. The first-order valence-electron chi connectivity index (χ1n) is 9.98. The van der Waals surface area contributed by atoms with E-state index >= 15 is 0 Å². The van der Waals surface area contributed by atoms with Gasteiger partial charge in [-0.3, -0.25) is 4.79 Å². The summed E-state index contributed by atoms with van der Waals surface area (Å²) in [7, 11) is 0. The van der Waals surface area contributed by atoms with Crippen molar-refractivity contribution in [2.45, 2.75) is 82.4 Å². The lowest BCUT2D eigenvalue weighted by molar-refractivity contribution is -0.136. The Hall–Kier alpha value is -1.73. The highest BCUT2D eigenvalue weighted by molar-refractivity contribution is 5.66. The molecule has 4 N–H and O–H groups in total. The van der Waals surface area contributed by atoms with Crippen LogP contribution in [0.5, 0.6) is 0 Å². The van der Waals surface area contributed by atoms with Crippen LogP contribution in [-0.2, 0) is 9.53 Å². The zero-order valence-corrected chi connectivity index (χ0v) is 16.6. The highest BCUT2D eigenvalue weighted by Crippen LogP contribution is 2.25. The van der Waals surface area contributed by atoms with E-state index in [4.69, 9.17) is 9.84 Å². The van der Waals surface area contributed by atoms with E-state index in [1.165, 1.54) is 6.08 Å². The molecule has 0 spiro atoms. The van der Waals surface area contributed by atoms with Crippen LogP contribution in [0.15, 0.2) is 48.6 Å². The Morgan fingerprint density at radius 3 is 2.32 bits per heavy atom. The van der Waals surface area contributed by atoms with Gasteiger partial charge in [0.2, 0.25) is 0 Å². The number of aliphatic hydroxyl groups excluding tert-OH is 3. The van der Waals surface area contributed by atoms with Crippen molar-refractivity contribution in [3.8, 4) is 0 Å². The van der Waals surface area contributed by atoms with Crippen LogP contribution in [0.2, 0.25) is 0 Å². The molecule has 0 aromatic rings. The molecule has 1 rings (SSSR count). The van der Waals surface area contributed by atoms with Gasteiger partial charge in [-0.2, -0.15) is 0 Å². The zero-order valence-electron chi connectivity index (χ0n) is 16.6. The van der Waals surface area contributed by atoms with Crippen molar-refractivity contribution in [1.82, 2.24) is 0 Å². The van der Waals surface area contributed by atoms with Gasteiger partial charge in [0.15, 0.2) is 0 Å². The molecule has 158 valence electrons. The third-order valence-electron chi connectivity index (χ3n) is 4.51. The van der Waals surface area contributed by atoms with Gasteiger partial charge in [0.05, 0.1) is 30.5 Å². The lowest BCUT2D eigenvalue weighted by Gasteiger charge is -2.16. The summed E-state index contributed by atoms with van der Waals surface area (Å²) in [5.74, 6) is -0.785. The molecule has 0 aliphatic carbocycles. The van der Waals surface area contributed by atoms with E-state index in [0.29, 0.717) is 25.7 Å². The third-order valence-corrected chi connectivity index (χ3v) is 4.51. The van der Waals surface area contributed by atoms with E-state index in [2.05, 4.69) is 0 Å². The fourth-order valence-electron chi connectivity index (χ4n) is 2.90. The average Bonchev–Trinajstić information content (AvgIpc) is 3.04. The monoisotopic (exact) mass is 394 g/mol. The molecule has 6 nitrogen and oxygen atoms in total. The highest BCUT2D eigenvalue weighted by Gasteiger charge is 2.35. The van der Waals surface area contributed by atoms with E-state index in [9.17, 15) is 20.1 Å². The Kier molecular flexibility index (Phi) is 12.4. The van der Waals surface area contributed by atoms with Crippen LogP contribution < -0.4 is 0 Å². The summed E-state index contributed by atoms with van der Waals surface area (Å²) in [6.07, 6.45) is 15.9. The number of aliphatic carboxylic acids is 1. The predicted molar refractivity (Wildman–Crippen MR) is 109 cm³/mol. The quantitative estimate of drug-likeness (QED) is 0.358. The average molecular weight is 395 g/mol. The van der Waals surface area contributed by atoms with Crippen LogP contribution >= 0.6 is 0 Å². The van der Waals surface area contributed by atoms with Gasteiger partial charge >= 0.3 is 5.97 Å². The molecule has 1 aliphatic heterocycles. The summed E-state index contributed by atoms with van der Waals surface area (Å²) in [6, 6.07) is 0. The van der Waals surface area contributed by atoms with Crippen LogP contribution in [0.25, 0.3) is 0 Å². The number of ether oxygens (including phenoxy) is 1. The Morgan fingerprint density at radius 2 is 1.71 bits per heavy atom. The molecule has 0 aromatic heterocycles. The van der Waals surface area contributed by atoms with Gasteiger partial charge in [0.1, 0.15) is 0 Å². The summed E-state index contributed by atoms with van der Waals surface area (Å²) in [5.41, 5.74) is 0. The van der Waals surface area contributed by atoms with Crippen molar-refractivity contribution in [1.29, 1.82) is 0 Å². The highest BCUT2D eigenvalue weighted by atomic mass is 16.5. The topological polar surface area (TPSA) is 107 Å². The fraction of sp³-hybridized carbons (Fsp3) is 0.591. The Morgan fingerprint density at radius 1 is 1.07 bits per heavy atom. The summed E-state index contributed by atoms with van der Waals surface area (Å²) in [4.78, 5) is 10.3. The number of carboxylic acids is 1. The maximum atomic E-state index is 10.3. The summed E-state index contributed by atoms with van der Waals surface area (Å²) < 4.78 is 5.61. The standard InChI is InChI=1S/C22H34O6/c1-2-20-19(25)16-21(28-20)18(24)15-14-17(23)12-10-8-6-4-3-5-7-9-11-13-22(26)27/h3-4,7-10,14-15,17-21,23-25H,2,5-6,11-13,16H2,1H3,(H,26,27)/b4-3-,9-7-,10-8-,15-14+/t17-,18-,19+,20-,21+/m0/s1. The van der Waals surface area contributed by atoms with Crippen molar-refractivity contribution in [2.75, 3.05) is 0 Å². The Labute approximate surface area is 167 Å². The first-order chi connectivity index (χ1) is 13.4. The number of carboxylic acid groups (broad SMARTS) is 1. The Balaban J connectivity index is 2.16. The molecular formula is C22H34O6. The van der Waals surface area contributed by atoms with E-state index in [1.54, 1.807) is 6.08 Å². The fourth-order valence-corrected chi connectivity index (χ4v) is 2.90. The molecule has 6 heteroatoms. The predicted octanol–water partition coefficient (Wildman–Crippen LogP) is 2.90. The molecule has 1 fully saturated rings. The van der Waals surface area contributed by atoms with Crippen molar-refractivity contribution in [3.63, 3.8) is 0 Å². The SMILES string of the molecule is CC[C@@H]1O[C@@H]([C@@H](O)/C=C/[C@@H](O)C/C=C\C/C=C\C/C=C\CCC(=O)O)C[C@H]1O. The van der Waals surface area contributed by atoms with Gasteiger partial charge in [-0.1, -0.05) is 55.5 Å². The minimum Gasteiger partial charge on any atom is -0.481 e. The van der Waals surface area contributed by atoms with E-state index in [1.807, 2.05) is 43.4 Å². The summed E-state index contributed by atoms with van der Waals surface area (Å²) in [6.45, 7) is 1.93. The van der Waals surface area contributed by atoms with Crippen LogP contribution in [-0.4, -0.2) is 56.9 Å². The van der Waals surface area contributed by atoms with Gasteiger partial charge in [-0.05, 0) is 32.1 Å². The molecule has 1 heterocycles. The lowest BCUT2D eigenvalue weighted by atomic mass is 10.1. The van der Waals surface area contributed by atoms with E-state index in [0.717, 1.165) is 12.8 Å². The van der Waals surface area contributed by atoms with Crippen molar-refractivity contribution in [3.05, 3.63) is 48.6 Å². The molecule has 28 heavy (non-hydrogen) atoms. The molecule has 1 saturated heterocycles. The van der Waals surface area contributed by atoms with Crippen LogP contribution in [0.4, 0.5) is 0 Å². The number of hydrogen-bond donors (Lipinski definition) is 4. The maximum absolute atomic E-state index is 10.3. The Bertz CT molecular complexity index is 551. The van der Waals surface area contributed by atoms with Crippen molar-refractivity contribution < 1.29 is 30.0 Å². The largest absolute Gasteiger partial charge is 0.481 e. The zero-order chi connectivity index (χ0) is 20.8. The minimum absolute atomic E-state index is 0.158. The molecule has 1 aliphatic rings. The molecule has 0 amide bonds. The van der Waals surface area contributed by atoms with E-state index < -0.39 is 30.4 Å². The van der Waals surface area contributed by atoms with Crippen molar-refractivity contribution in [2.24, 2.45) is 0 Å². The number of allylic oxidation sites excluding steroid dienone is 5. The van der Waals surface area contributed by atoms with Crippen molar-refractivity contribution >= 4 is 5.97 Å². The molecule has 0 aromatic carbocycles. The van der Waals surface area contributed by atoms with Gasteiger partial charge in [0.25, 0.3) is 0 Å². The first-order valence-corrected chi connectivity index (χ1v) is 9.98. The van der Waals surface area contributed by atoms with Gasteiger partial charge in [-0.15, -0.1) is 0 Å². The number of rotatable bonds is 13. The van der Waals surface area contributed by atoms with Gasteiger partial charge in [0, 0.05) is 12.8 Å². The van der Waals surface area contributed by atoms with Crippen LogP contribution in [0.1, 0.15) is 51.9 Å². The van der Waals surface area contributed by atoms with Crippen LogP contribution in [0, 0.1) is 0 Å². The third kappa shape index (κ3) is 10.6. The van der Waals surface area contributed by atoms with Gasteiger partial charge in [-0.25, -0.2) is 0 Å². The summed E-state index contributed by atoms with van der Waals surface area (Å²) in [5, 5.41) is 38.4. The van der Waals surface area contributed by atoms with Crippen LogP contribution in [0.3, 0.4) is 0 Å². The second-order valence-electron chi connectivity index (χ2n) is 6.92. The second-order valence-corrected chi connectivity index (χ2v) is 6.92. The first kappa shape index (κ1) is 24.3. The molecule has 0 unspecified atom stereocenters. The molecule has 5 atom stereocenters. The number of carbonyl (C=O) groups is 1. The number of aliphatic hydroxyl groups is 3.